The van der Waals surface area contributed by atoms with E-state index in [2.05, 4.69) is 27.0 Å². The van der Waals surface area contributed by atoms with E-state index >= 15 is 0 Å². The summed E-state index contributed by atoms with van der Waals surface area (Å²) in [5, 5.41) is 7.48. The fourth-order valence-electron chi connectivity index (χ4n) is 2.62. The molecule has 2 aliphatic rings. The zero-order valence-corrected chi connectivity index (χ0v) is 12.0. The lowest BCUT2D eigenvalue weighted by atomic mass is 10.1. The third-order valence-electron chi connectivity index (χ3n) is 3.93. The molecule has 104 valence electrons. The summed E-state index contributed by atoms with van der Waals surface area (Å²) in [6.07, 6.45) is 3.27. The predicted octanol–water partition coefficient (Wildman–Crippen LogP) is 1.62. The Labute approximate surface area is 117 Å². The molecule has 5 heteroatoms. The van der Waals surface area contributed by atoms with Gasteiger partial charge in [0.05, 0.1) is 12.1 Å². The molecule has 0 aromatic carbocycles. The standard InChI is InChI=1S/C14H20N2O2S/c1-18-12-6-13(15-7-12)14(17)16(11-2-3-11)8-10-4-5-19-9-10/h4-5,9,11-13,15H,2-3,6-8H2,1H3. The Balaban J connectivity index is 1.65. The van der Waals surface area contributed by atoms with Crippen LogP contribution in [0.4, 0.5) is 0 Å². The Morgan fingerprint density at radius 2 is 2.42 bits per heavy atom. The van der Waals surface area contributed by atoms with Gasteiger partial charge >= 0.3 is 0 Å². The number of thiophene rings is 1. The van der Waals surface area contributed by atoms with Crippen LogP contribution in [0.25, 0.3) is 0 Å². The number of nitrogens with zero attached hydrogens (tertiary/aromatic N) is 1. The molecule has 2 atom stereocenters. The van der Waals surface area contributed by atoms with E-state index in [0.717, 1.165) is 32.4 Å². The Hall–Kier alpha value is -0.910. The van der Waals surface area contributed by atoms with Crippen molar-refractivity contribution in [2.75, 3.05) is 13.7 Å². The average molecular weight is 280 g/mol. The van der Waals surface area contributed by atoms with E-state index in [0.29, 0.717) is 6.04 Å². The zero-order valence-electron chi connectivity index (χ0n) is 11.2. The average Bonchev–Trinajstić information content (AvgIpc) is 2.95. The lowest BCUT2D eigenvalue weighted by Gasteiger charge is -2.25. The second-order valence-electron chi connectivity index (χ2n) is 5.38. The van der Waals surface area contributed by atoms with E-state index in [1.54, 1.807) is 18.4 Å². The van der Waals surface area contributed by atoms with Crippen molar-refractivity contribution in [3.05, 3.63) is 22.4 Å². The molecule has 1 amide bonds. The molecule has 4 nitrogen and oxygen atoms in total. The number of carbonyl (C=O) groups is 1. The molecule has 19 heavy (non-hydrogen) atoms. The third kappa shape index (κ3) is 2.99. The highest BCUT2D eigenvalue weighted by atomic mass is 32.1. The van der Waals surface area contributed by atoms with Crippen molar-refractivity contribution in [3.8, 4) is 0 Å². The van der Waals surface area contributed by atoms with Gasteiger partial charge in [0.15, 0.2) is 0 Å². The van der Waals surface area contributed by atoms with E-state index in [9.17, 15) is 4.79 Å². The van der Waals surface area contributed by atoms with Crippen LogP contribution in [0.5, 0.6) is 0 Å². The minimum atomic E-state index is -0.0656. The summed E-state index contributed by atoms with van der Waals surface area (Å²) in [4.78, 5) is 14.7. The van der Waals surface area contributed by atoms with Gasteiger partial charge < -0.3 is 15.0 Å². The topological polar surface area (TPSA) is 41.6 Å². The lowest BCUT2D eigenvalue weighted by Crippen LogP contribution is -2.44. The molecule has 3 rings (SSSR count). The first kappa shape index (κ1) is 13.1. The number of nitrogens with one attached hydrogen (secondary N) is 1. The first-order chi connectivity index (χ1) is 9.28. The summed E-state index contributed by atoms with van der Waals surface area (Å²) < 4.78 is 5.32. The number of amides is 1. The van der Waals surface area contributed by atoms with Crippen molar-refractivity contribution in [1.29, 1.82) is 0 Å². The van der Waals surface area contributed by atoms with Gasteiger partial charge in [-0.25, -0.2) is 0 Å². The summed E-state index contributed by atoms with van der Waals surface area (Å²) in [7, 11) is 1.71. The molecule has 1 aliphatic carbocycles. The minimum Gasteiger partial charge on any atom is -0.380 e. The van der Waals surface area contributed by atoms with E-state index in [-0.39, 0.29) is 18.1 Å². The molecule has 2 fully saturated rings. The molecular formula is C14H20N2O2S. The number of rotatable bonds is 5. The summed E-state index contributed by atoms with van der Waals surface area (Å²) >= 11 is 1.69. The second-order valence-corrected chi connectivity index (χ2v) is 6.16. The van der Waals surface area contributed by atoms with Crippen molar-refractivity contribution < 1.29 is 9.53 Å². The molecule has 1 aliphatic heterocycles. The van der Waals surface area contributed by atoms with Gasteiger partial charge in [0.1, 0.15) is 0 Å². The summed E-state index contributed by atoms with van der Waals surface area (Å²) in [5.41, 5.74) is 1.24. The number of ether oxygens (including phenoxy) is 1. The monoisotopic (exact) mass is 280 g/mol. The number of hydrogen-bond acceptors (Lipinski definition) is 4. The Morgan fingerprint density at radius 1 is 1.58 bits per heavy atom. The first-order valence-corrected chi connectivity index (χ1v) is 7.80. The summed E-state index contributed by atoms with van der Waals surface area (Å²) in [5.74, 6) is 0.244. The molecule has 1 saturated carbocycles. The van der Waals surface area contributed by atoms with Gasteiger partial charge in [-0.05, 0) is 41.7 Å². The van der Waals surface area contributed by atoms with Crippen LogP contribution < -0.4 is 5.32 Å². The minimum absolute atomic E-state index is 0.0656. The maximum atomic E-state index is 12.6. The predicted molar refractivity (Wildman–Crippen MR) is 75.1 cm³/mol. The largest absolute Gasteiger partial charge is 0.380 e. The molecule has 2 heterocycles. The summed E-state index contributed by atoms with van der Waals surface area (Å²) in [6, 6.07) is 2.49. The van der Waals surface area contributed by atoms with Gasteiger partial charge in [0, 0.05) is 26.2 Å². The normalized spacial score (nSPS) is 26.6. The van der Waals surface area contributed by atoms with Crippen molar-refractivity contribution in [3.63, 3.8) is 0 Å². The van der Waals surface area contributed by atoms with Gasteiger partial charge in [-0.2, -0.15) is 11.3 Å². The fraction of sp³-hybridized carbons (Fsp3) is 0.643. The van der Waals surface area contributed by atoms with Crippen LogP contribution in [-0.2, 0) is 16.1 Å². The number of methoxy groups -OCH3 is 1. The molecule has 2 unspecified atom stereocenters. The molecular weight excluding hydrogens is 260 g/mol. The van der Waals surface area contributed by atoms with Crippen LogP contribution in [0, 0.1) is 0 Å². The van der Waals surface area contributed by atoms with Crippen LogP contribution >= 0.6 is 11.3 Å². The molecule has 0 spiro atoms. The number of hydrogen-bond donors (Lipinski definition) is 1. The van der Waals surface area contributed by atoms with Gasteiger partial charge in [-0.3, -0.25) is 4.79 Å². The van der Waals surface area contributed by atoms with Crippen molar-refractivity contribution in [2.24, 2.45) is 0 Å². The first-order valence-electron chi connectivity index (χ1n) is 6.85. The molecule has 1 N–H and O–H groups in total. The molecule has 0 radical (unpaired) electrons. The Morgan fingerprint density at radius 3 is 3.00 bits per heavy atom. The molecule has 1 saturated heterocycles. The number of carbonyl (C=O) groups excluding carboxylic acids is 1. The van der Waals surface area contributed by atoms with Gasteiger partial charge in [0.2, 0.25) is 5.91 Å². The van der Waals surface area contributed by atoms with Gasteiger partial charge in [-0.15, -0.1) is 0 Å². The van der Waals surface area contributed by atoms with Crippen LogP contribution in [0.1, 0.15) is 24.8 Å². The van der Waals surface area contributed by atoms with Crippen LogP contribution in [0.15, 0.2) is 16.8 Å². The van der Waals surface area contributed by atoms with Crippen molar-refractivity contribution in [1.82, 2.24) is 10.2 Å². The molecule has 0 bridgehead atoms. The van der Waals surface area contributed by atoms with E-state index < -0.39 is 0 Å². The fourth-order valence-corrected chi connectivity index (χ4v) is 3.28. The SMILES string of the molecule is COC1CNC(C(=O)N(Cc2ccsc2)C2CC2)C1. The Kier molecular flexibility index (Phi) is 3.86. The van der Waals surface area contributed by atoms with Gasteiger partial charge in [-0.1, -0.05) is 0 Å². The maximum absolute atomic E-state index is 12.6. The van der Waals surface area contributed by atoms with Crippen LogP contribution in [-0.4, -0.2) is 42.6 Å². The van der Waals surface area contributed by atoms with Crippen LogP contribution in [0.2, 0.25) is 0 Å². The van der Waals surface area contributed by atoms with Crippen molar-refractivity contribution in [2.45, 2.75) is 44.0 Å². The second kappa shape index (κ2) is 5.61. The third-order valence-corrected chi connectivity index (χ3v) is 4.66. The lowest BCUT2D eigenvalue weighted by molar-refractivity contribution is -0.134. The van der Waals surface area contributed by atoms with Crippen molar-refractivity contribution >= 4 is 17.2 Å². The molecule has 1 aromatic rings. The van der Waals surface area contributed by atoms with E-state index in [4.69, 9.17) is 4.74 Å². The highest BCUT2D eigenvalue weighted by Gasteiger charge is 2.38. The summed E-state index contributed by atoms with van der Waals surface area (Å²) in [6.45, 7) is 1.53. The van der Waals surface area contributed by atoms with Gasteiger partial charge in [0.25, 0.3) is 0 Å². The van der Waals surface area contributed by atoms with E-state index in [1.165, 1.54) is 5.56 Å². The van der Waals surface area contributed by atoms with Crippen LogP contribution in [0.3, 0.4) is 0 Å². The zero-order chi connectivity index (χ0) is 13.2. The highest BCUT2D eigenvalue weighted by Crippen LogP contribution is 2.30. The van der Waals surface area contributed by atoms with E-state index in [1.807, 2.05) is 0 Å². The Bertz CT molecular complexity index is 431. The maximum Gasteiger partial charge on any atom is 0.240 e. The smallest absolute Gasteiger partial charge is 0.240 e. The highest BCUT2D eigenvalue weighted by molar-refractivity contribution is 7.07. The quantitative estimate of drug-likeness (QED) is 0.891. The molecule has 1 aromatic heterocycles.